The predicted molar refractivity (Wildman–Crippen MR) is 213 cm³/mol. The molecular formula is C44H49BrN2O8. The molecule has 0 bridgehead atoms. The van der Waals surface area contributed by atoms with Crippen molar-refractivity contribution >= 4 is 39.9 Å². The van der Waals surface area contributed by atoms with E-state index in [4.69, 9.17) is 18.9 Å². The van der Waals surface area contributed by atoms with Crippen LogP contribution in [0.3, 0.4) is 0 Å². The summed E-state index contributed by atoms with van der Waals surface area (Å²) in [7, 11) is 3.29. The maximum Gasteiger partial charge on any atom is 0.417 e. The van der Waals surface area contributed by atoms with Crippen molar-refractivity contribution in [1.82, 2.24) is 9.80 Å². The molecule has 2 aliphatic heterocycles. The molecule has 0 N–H and O–H groups in total. The molecule has 2 heterocycles. The third-order valence-electron chi connectivity index (χ3n) is 9.67. The minimum atomic E-state index is -0.550. The van der Waals surface area contributed by atoms with E-state index in [1.807, 2.05) is 109 Å². The van der Waals surface area contributed by atoms with Crippen LogP contribution in [0.4, 0.5) is 9.59 Å². The van der Waals surface area contributed by atoms with Crippen molar-refractivity contribution in [3.05, 3.63) is 131 Å². The quantitative estimate of drug-likeness (QED) is 0.0820. The van der Waals surface area contributed by atoms with Gasteiger partial charge < -0.3 is 18.9 Å². The number of rotatable bonds is 16. The molecule has 290 valence electrons. The highest BCUT2D eigenvalue weighted by Gasteiger charge is 2.40. The van der Waals surface area contributed by atoms with E-state index in [2.05, 4.69) is 15.9 Å². The third kappa shape index (κ3) is 12.2. The van der Waals surface area contributed by atoms with Crippen LogP contribution >= 0.6 is 15.9 Å². The summed E-state index contributed by atoms with van der Waals surface area (Å²) in [6.07, 6.45) is 5.39. The maximum absolute atomic E-state index is 12.8. The van der Waals surface area contributed by atoms with E-state index in [0.717, 1.165) is 54.7 Å². The number of ether oxygens (including phenoxy) is 4. The number of carbonyl (C=O) groups excluding carboxylic acids is 4. The fraction of sp³-hybridized carbons (Fsp3) is 0.364. The van der Waals surface area contributed by atoms with Crippen LogP contribution in [0.5, 0.6) is 11.5 Å². The van der Waals surface area contributed by atoms with Gasteiger partial charge in [-0.05, 0) is 97.9 Å². The molecule has 2 aliphatic rings. The largest absolute Gasteiger partial charge is 0.497 e. The van der Waals surface area contributed by atoms with Crippen molar-refractivity contribution in [1.29, 1.82) is 0 Å². The zero-order chi connectivity index (χ0) is 39.0. The number of cyclic esters (lactones) is 2. The molecule has 10 nitrogen and oxygen atoms in total. The fourth-order valence-corrected chi connectivity index (χ4v) is 7.18. The van der Waals surface area contributed by atoms with Gasteiger partial charge in [-0.15, -0.1) is 0 Å². The van der Waals surface area contributed by atoms with Gasteiger partial charge in [-0.2, -0.15) is 0 Å². The average molecular weight is 814 g/mol. The third-order valence-corrected chi connectivity index (χ3v) is 10.5. The Kier molecular flexibility index (Phi) is 15.7. The van der Waals surface area contributed by atoms with E-state index in [1.54, 1.807) is 14.2 Å². The molecule has 11 heteroatoms. The Morgan fingerprint density at radius 3 is 1.58 bits per heavy atom. The summed E-state index contributed by atoms with van der Waals surface area (Å²) in [6.45, 7) is 0.510. The molecule has 0 aliphatic carbocycles. The first-order valence-electron chi connectivity index (χ1n) is 18.7. The smallest absolute Gasteiger partial charge is 0.417 e. The van der Waals surface area contributed by atoms with Gasteiger partial charge in [0.2, 0.25) is 11.8 Å². The van der Waals surface area contributed by atoms with Crippen molar-refractivity contribution in [2.75, 3.05) is 27.4 Å². The van der Waals surface area contributed by atoms with E-state index >= 15 is 0 Å². The zero-order valence-corrected chi connectivity index (χ0v) is 33.0. The molecule has 0 saturated carbocycles. The molecule has 4 aromatic carbocycles. The molecule has 6 rings (SSSR count). The second kappa shape index (κ2) is 21.1. The topological polar surface area (TPSA) is 112 Å². The first-order chi connectivity index (χ1) is 26.7. The number of hydrogen-bond donors (Lipinski definition) is 0. The Hall–Kier alpha value is -5.16. The van der Waals surface area contributed by atoms with Gasteiger partial charge in [-0.25, -0.2) is 19.4 Å². The van der Waals surface area contributed by atoms with Gasteiger partial charge in [0.05, 0.1) is 31.1 Å². The van der Waals surface area contributed by atoms with Crippen molar-refractivity contribution < 1.29 is 38.1 Å². The van der Waals surface area contributed by atoms with Crippen LogP contribution in [-0.2, 0) is 44.7 Å². The van der Waals surface area contributed by atoms with Gasteiger partial charge in [-0.1, -0.05) is 101 Å². The molecule has 2 fully saturated rings. The van der Waals surface area contributed by atoms with Crippen molar-refractivity contribution in [3.63, 3.8) is 0 Å². The van der Waals surface area contributed by atoms with Gasteiger partial charge >= 0.3 is 12.2 Å². The second-order valence-electron chi connectivity index (χ2n) is 13.6. The Bertz CT molecular complexity index is 1820. The molecule has 0 unspecified atom stereocenters. The van der Waals surface area contributed by atoms with Crippen molar-refractivity contribution in [3.8, 4) is 11.5 Å². The predicted octanol–water partition coefficient (Wildman–Crippen LogP) is 8.37. The van der Waals surface area contributed by atoms with E-state index in [9.17, 15) is 19.2 Å². The summed E-state index contributed by atoms with van der Waals surface area (Å²) in [5.74, 6) is 1.30. The number of nitrogens with zero attached hydrogens (tertiary/aromatic N) is 2. The van der Waals surface area contributed by atoms with Crippen LogP contribution in [0.15, 0.2) is 109 Å². The summed E-state index contributed by atoms with van der Waals surface area (Å²) >= 11 is 3.47. The summed E-state index contributed by atoms with van der Waals surface area (Å²) in [5.41, 5.74) is 4.58. The van der Waals surface area contributed by atoms with Crippen molar-refractivity contribution in [2.24, 2.45) is 0 Å². The Balaban J connectivity index is 0.000000211. The number of carbonyl (C=O) groups is 4. The summed E-state index contributed by atoms with van der Waals surface area (Å²) < 4.78 is 20.6. The zero-order valence-electron chi connectivity index (χ0n) is 31.4. The highest BCUT2D eigenvalue weighted by atomic mass is 79.9. The highest BCUT2D eigenvalue weighted by molar-refractivity contribution is 9.10. The molecule has 0 aromatic heterocycles. The normalized spacial score (nSPS) is 16.8. The van der Waals surface area contributed by atoms with Crippen LogP contribution in [0.1, 0.15) is 54.4 Å². The SMILES string of the molecule is COc1ccc(CCCCC(=O)N2C(=O)OC[C@H]2Cc2ccccc2)cc1.COc1ccc(CCC[C@@H](Br)C(=O)N2C(=O)OC[C@H]2Cc2ccccc2)cc1. The molecular weight excluding hydrogens is 764 g/mol. The van der Waals surface area contributed by atoms with E-state index in [-0.39, 0.29) is 37.1 Å². The number of hydrogen-bond acceptors (Lipinski definition) is 8. The first kappa shape index (κ1) is 41.0. The molecule has 2 saturated heterocycles. The fourth-order valence-electron chi connectivity index (χ4n) is 6.64. The van der Waals surface area contributed by atoms with Gasteiger partial charge in [-0.3, -0.25) is 9.59 Å². The number of imide groups is 2. The summed E-state index contributed by atoms with van der Waals surface area (Å²) in [6, 6.07) is 35.1. The lowest BCUT2D eigenvalue weighted by Gasteiger charge is -2.22. The van der Waals surface area contributed by atoms with Crippen LogP contribution in [-0.4, -0.2) is 78.1 Å². The Labute approximate surface area is 331 Å². The average Bonchev–Trinajstić information content (AvgIpc) is 3.77. The lowest BCUT2D eigenvalue weighted by atomic mass is 10.0. The number of halogens is 1. The summed E-state index contributed by atoms with van der Waals surface area (Å²) in [5, 5.41) is 0. The lowest BCUT2D eigenvalue weighted by Crippen LogP contribution is -2.44. The van der Waals surface area contributed by atoms with Crippen LogP contribution in [0, 0.1) is 0 Å². The molecule has 3 atom stereocenters. The van der Waals surface area contributed by atoms with Gasteiger partial charge in [0.15, 0.2) is 0 Å². The Morgan fingerprint density at radius 2 is 1.09 bits per heavy atom. The van der Waals surface area contributed by atoms with E-state index in [1.165, 1.54) is 20.9 Å². The number of amides is 4. The minimum Gasteiger partial charge on any atom is -0.497 e. The van der Waals surface area contributed by atoms with Crippen LogP contribution in [0.2, 0.25) is 0 Å². The number of unbranched alkanes of at least 4 members (excludes halogenated alkanes) is 1. The Morgan fingerprint density at radius 1 is 0.636 bits per heavy atom. The maximum atomic E-state index is 12.8. The highest BCUT2D eigenvalue weighted by Crippen LogP contribution is 2.24. The first-order valence-corrected chi connectivity index (χ1v) is 19.6. The minimum absolute atomic E-state index is 0.145. The number of aryl methyl sites for hydroxylation is 2. The van der Waals surface area contributed by atoms with Crippen molar-refractivity contribution in [2.45, 2.75) is 74.7 Å². The molecule has 4 amide bonds. The molecule has 4 aromatic rings. The number of alkyl halides is 1. The second-order valence-corrected chi connectivity index (χ2v) is 14.7. The van der Waals surface area contributed by atoms with Crippen LogP contribution < -0.4 is 9.47 Å². The van der Waals surface area contributed by atoms with Crippen LogP contribution in [0.25, 0.3) is 0 Å². The lowest BCUT2D eigenvalue weighted by molar-refractivity contribution is -0.129. The van der Waals surface area contributed by atoms with Gasteiger partial charge in [0, 0.05) is 6.42 Å². The van der Waals surface area contributed by atoms with Gasteiger partial charge in [0.25, 0.3) is 0 Å². The number of methoxy groups -OCH3 is 2. The monoisotopic (exact) mass is 812 g/mol. The molecule has 55 heavy (non-hydrogen) atoms. The molecule has 0 spiro atoms. The van der Waals surface area contributed by atoms with E-state index < -0.39 is 17.0 Å². The molecule has 0 radical (unpaired) electrons. The summed E-state index contributed by atoms with van der Waals surface area (Å²) in [4.78, 5) is 51.7. The standard InChI is InChI=1S/C22H24BrNO4.C22H25NO4/c1-27-19-12-10-16(11-13-19)8-5-9-20(23)21(25)24-18(15-28-22(24)26)14-17-6-3-2-4-7-17;1-26-20-13-11-17(12-14-20)7-5-6-10-21(24)23-19(16-27-22(23)25)15-18-8-3-2-4-9-18/h2-4,6-7,10-13,18,20H,5,8-9,14-15H2,1H3;2-4,8-9,11-14,19H,5-7,10,15-16H2,1H3/t18-,20-;19-/m11/s1. The van der Waals surface area contributed by atoms with E-state index in [0.29, 0.717) is 25.7 Å². The number of benzene rings is 4. The van der Waals surface area contributed by atoms with Gasteiger partial charge in [0.1, 0.15) is 24.7 Å².